The number of aryl methyl sites for hydroxylation is 1. The van der Waals surface area contributed by atoms with Gasteiger partial charge in [0.15, 0.2) is 6.10 Å². The van der Waals surface area contributed by atoms with E-state index in [-0.39, 0.29) is 11.9 Å². The molecule has 23 heavy (non-hydrogen) atoms. The zero-order valence-corrected chi connectivity index (χ0v) is 14.3. The van der Waals surface area contributed by atoms with Crippen molar-refractivity contribution < 1.29 is 9.53 Å². The van der Waals surface area contributed by atoms with Crippen LogP contribution in [-0.2, 0) is 4.79 Å². The summed E-state index contributed by atoms with van der Waals surface area (Å²) >= 11 is 1.64. The van der Waals surface area contributed by atoms with Crippen LogP contribution in [0.2, 0.25) is 0 Å². The fourth-order valence-corrected chi connectivity index (χ4v) is 3.83. The minimum atomic E-state index is -0.527. The van der Waals surface area contributed by atoms with E-state index in [0.717, 1.165) is 36.5 Å². The fraction of sp³-hybridized carbons (Fsp3) is 0.471. The van der Waals surface area contributed by atoms with Gasteiger partial charge in [0, 0.05) is 23.8 Å². The minimum absolute atomic E-state index is 0.0198. The molecule has 0 aromatic carbocycles. The highest BCUT2D eigenvalue weighted by Gasteiger charge is 2.33. The molecule has 3 rings (SSSR count). The number of ether oxygens (including phenoxy) is 1. The molecule has 1 saturated heterocycles. The molecule has 3 heterocycles. The first-order chi connectivity index (χ1) is 11.1. The van der Waals surface area contributed by atoms with Crippen LogP contribution in [0.4, 0.5) is 0 Å². The summed E-state index contributed by atoms with van der Waals surface area (Å²) in [7, 11) is 0. The van der Waals surface area contributed by atoms with E-state index in [9.17, 15) is 4.79 Å². The average Bonchev–Trinajstić information content (AvgIpc) is 3.01. The number of pyridine rings is 1. The third-order valence-electron chi connectivity index (χ3n) is 4.00. The molecule has 1 aliphatic rings. The van der Waals surface area contributed by atoms with Gasteiger partial charge in [-0.15, -0.1) is 11.3 Å². The molecule has 5 nitrogen and oxygen atoms in total. The smallest absolute Gasteiger partial charge is 0.263 e. The lowest BCUT2D eigenvalue weighted by atomic mass is 10.0. The Morgan fingerprint density at radius 2 is 2.35 bits per heavy atom. The quantitative estimate of drug-likeness (QED) is 0.862. The van der Waals surface area contributed by atoms with Gasteiger partial charge in [0.05, 0.1) is 12.2 Å². The number of rotatable bonds is 4. The van der Waals surface area contributed by atoms with E-state index < -0.39 is 6.10 Å². The van der Waals surface area contributed by atoms with Crippen LogP contribution in [0.15, 0.2) is 29.9 Å². The van der Waals surface area contributed by atoms with Crippen LogP contribution < -0.4 is 4.74 Å². The number of likely N-dealkylation sites (tertiary alicyclic amines) is 1. The average molecular weight is 331 g/mol. The Morgan fingerprint density at radius 3 is 3.04 bits per heavy atom. The Labute approximate surface area is 140 Å². The second-order valence-corrected chi connectivity index (χ2v) is 6.71. The summed E-state index contributed by atoms with van der Waals surface area (Å²) in [5, 5.41) is 3.08. The largest absolute Gasteiger partial charge is 0.479 e. The molecule has 0 aliphatic carbocycles. The summed E-state index contributed by atoms with van der Waals surface area (Å²) in [6.07, 6.45) is 5.92. The normalized spacial score (nSPS) is 19.4. The van der Waals surface area contributed by atoms with Crippen molar-refractivity contribution in [2.75, 3.05) is 6.54 Å². The molecule has 1 aliphatic heterocycles. The summed E-state index contributed by atoms with van der Waals surface area (Å²) in [5.74, 6) is 0.637. The molecule has 2 aromatic rings. The van der Waals surface area contributed by atoms with Crippen molar-refractivity contribution in [1.29, 1.82) is 0 Å². The first-order valence-corrected chi connectivity index (χ1v) is 8.82. The van der Waals surface area contributed by atoms with E-state index in [4.69, 9.17) is 4.74 Å². The molecule has 2 aromatic heterocycles. The summed E-state index contributed by atoms with van der Waals surface area (Å²) in [5.41, 5.74) is 1.02. The minimum Gasteiger partial charge on any atom is -0.479 e. The number of thiazole rings is 1. The zero-order valence-electron chi connectivity index (χ0n) is 13.4. The predicted molar refractivity (Wildman–Crippen MR) is 89.5 cm³/mol. The second kappa shape index (κ2) is 7.08. The van der Waals surface area contributed by atoms with Crippen molar-refractivity contribution in [3.8, 4) is 5.75 Å². The first kappa shape index (κ1) is 15.9. The second-order valence-electron chi connectivity index (χ2n) is 5.82. The number of carbonyl (C=O) groups excluding carboxylic acids is 1. The summed E-state index contributed by atoms with van der Waals surface area (Å²) < 4.78 is 5.75. The maximum Gasteiger partial charge on any atom is 0.263 e. The third-order valence-corrected chi connectivity index (χ3v) is 5.07. The maximum absolute atomic E-state index is 12.9. The van der Waals surface area contributed by atoms with Crippen molar-refractivity contribution in [3.63, 3.8) is 0 Å². The first-order valence-electron chi connectivity index (χ1n) is 7.94. The molecular formula is C17H21N3O2S. The van der Waals surface area contributed by atoms with Crippen molar-refractivity contribution in [1.82, 2.24) is 14.9 Å². The molecule has 1 amide bonds. The molecule has 6 heteroatoms. The van der Waals surface area contributed by atoms with E-state index in [1.54, 1.807) is 36.7 Å². The third kappa shape index (κ3) is 3.69. The highest BCUT2D eigenvalue weighted by Crippen LogP contribution is 2.33. The van der Waals surface area contributed by atoms with Crippen molar-refractivity contribution in [2.24, 2.45) is 0 Å². The highest BCUT2D eigenvalue weighted by molar-refractivity contribution is 7.09. The standard InChI is InChI=1S/C17H21N3O2S/c1-12-11-23-16(19-12)15-7-3-4-9-20(15)17(21)13(2)22-14-6-5-8-18-10-14/h5-6,8,10-11,13,15H,3-4,7,9H2,1-2H3/t13-,15-/m0/s1. The lowest BCUT2D eigenvalue weighted by molar-refractivity contribution is -0.142. The Balaban J connectivity index is 1.73. The van der Waals surface area contributed by atoms with E-state index >= 15 is 0 Å². The number of aromatic nitrogens is 2. The monoisotopic (exact) mass is 331 g/mol. The van der Waals surface area contributed by atoms with Crippen molar-refractivity contribution >= 4 is 17.2 Å². The van der Waals surface area contributed by atoms with Crippen LogP contribution in [0.3, 0.4) is 0 Å². The van der Waals surface area contributed by atoms with Crippen LogP contribution in [0.5, 0.6) is 5.75 Å². The van der Waals surface area contributed by atoms with Crippen LogP contribution in [0, 0.1) is 6.92 Å². The number of carbonyl (C=O) groups is 1. The Hall–Kier alpha value is -1.95. The van der Waals surface area contributed by atoms with E-state index in [0.29, 0.717) is 5.75 Å². The van der Waals surface area contributed by atoms with Crippen LogP contribution >= 0.6 is 11.3 Å². The van der Waals surface area contributed by atoms with Gasteiger partial charge in [-0.2, -0.15) is 0 Å². The highest BCUT2D eigenvalue weighted by atomic mass is 32.1. The van der Waals surface area contributed by atoms with Gasteiger partial charge in [0.2, 0.25) is 0 Å². The molecule has 0 saturated carbocycles. The number of hydrogen-bond donors (Lipinski definition) is 0. The van der Waals surface area contributed by atoms with Crippen LogP contribution in [-0.4, -0.2) is 33.4 Å². The van der Waals surface area contributed by atoms with Gasteiger partial charge in [-0.25, -0.2) is 4.98 Å². The summed E-state index contributed by atoms with van der Waals surface area (Å²) in [6, 6.07) is 3.69. The Kier molecular flexibility index (Phi) is 4.91. The van der Waals surface area contributed by atoms with E-state index in [1.807, 2.05) is 23.3 Å². The lowest BCUT2D eigenvalue weighted by Crippen LogP contribution is -2.45. The molecular weight excluding hydrogens is 310 g/mol. The van der Waals surface area contributed by atoms with Gasteiger partial charge in [-0.3, -0.25) is 9.78 Å². The van der Waals surface area contributed by atoms with Crippen molar-refractivity contribution in [2.45, 2.75) is 45.3 Å². The topological polar surface area (TPSA) is 55.3 Å². The van der Waals surface area contributed by atoms with Crippen LogP contribution in [0.25, 0.3) is 0 Å². The van der Waals surface area contributed by atoms with E-state index in [1.165, 1.54) is 0 Å². The number of amides is 1. The van der Waals surface area contributed by atoms with Gasteiger partial charge >= 0.3 is 0 Å². The van der Waals surface area contributed by atoms with Crippen LogP contribution in [0.1, 0.15) is 42.9 Å². The van der Waals surface area contributed by atoms with Gasteiger partial charge < -0.3 is 9.64 Å². The SMILES string of the molecule is Cc1csc([C@@H]2CCCCN2C(=O)[C@H](C)Oc2cccnc2)n1. The molecule has 0 spiro atoms. The summed E-state index contributed by atoms with van der Waals surface area (Å²) in [4.78, 5) is 23.4. The molecule has 0 N–H and O–H groups in total. The molecule has 2 atom stereocenters. The van der Waals surface area contributed by atoms with Crippen molar-refractivity contribution in [3.05, 3.63) is 40.6 Å². The van der Waals surface area contributed by atoms with E-state index in [2.05, 4.69) is 9.97 Å². The zero-order chi connectivity index (χ0) is 16.2. The Morgan fingerprint density at radius 1 is 1.48 bits per heavy atom. The molecule has 0 unspecified atom stereocenters. The van der Waals surface area contributed by atoms with Gasteiger partial charge in [0.25, 0.3) is 5.91 Å². The molecule has 1 fully saturated rings. The molecule has 122 valence electrons. The predicted octanol–water partition coefficient (Wildman–Crippen LogP) is 3.37. The molecule has 0 bridgehead atoms. The fourth-order valence-electron chi connectivity index (χ4n) is 2.88. The molecule has 0 radical (unpaired) electrons. The van der Waals surface area contributed by atoms with Gasteiger partial charge in [0.1, 0.15) is 10.8 Å². The maximum atomic E-state index is 12.9. The Bertz CT molecular complexity index is 659. The number of piperidine rings is 1. The number of nitrogens with zero attached hydrogens (tertiary/aromatic N) is 3. The number of hydrogen-bond acceptors (Lipinski definition) is 5. The van der Waals surface area contributed by atoms with Gasteiger partial charge in [-0.1, -0.05) is 0 Å². The summed E-state index contributed by atoms with van der Waals surface area (Å²) in [6.45, 7) is 4.56. The van der Waals surface area contributed by atoms with Gasteiger partial charge in [-0.05, 0) is 45.2 Å². The lowest BCUT2D eigenvalue weighted by Gasteiger charge is -2.36.